The summed E-state index contributed by atoms with van der Waals surface area (Å²) in [7, 11) is 0. The topological polar surface area (TPSA) is 55.1 Å². The Morgan fingerprint density at radius 3 is 2.90 bits per heavy atom. The molecule has 1 aromatic carbocycles. The summed E-state index contributed by atoms with van der Waals surface area (Å²) in [6.45, 7) is 2.56. The first-order chi connectivity index (χ1) is 9.69. The lowest BCUT2D eigenvalue weighted by atomic mass is 10.2. The second-order valence-electron chi connectivity index (χ2n) is 4.57. The summed E-state index contributed by atoms with van der Waals surface area (Å²) in [5, 5.41) is 13.4. The third-order valence-corrected chi connectivity index (χ3v) is 4.29. The van der Waals surface area contributed by atoms with E-state index >= 15 is 0 Å². The molecule has 0 fully saturated rings. The number of aryl methyl sites for hydroxylation is 1. The summed E-state index contributed by atoms with van der Waals surface area (Å²) >= 11 is 1.62. The Bertz CT molecular complexity index is 773. The van der Waals surface area contributed by atoms with E-state index in [4.69, 9.17) is 0 Å². The highest BCUT2D eigenvalue weighted by molar-refractivity contribution is 7.09. The number of fused-ring (bicyclic) bond motifs is 1. The van der Waals surface area contributed by atoms with Crippen LogP contribution >= 0.6 is 11.3 Å². The molecule has 20 heavy (non-hydrogen) atoms. The normalized spacial score (nSPS) is 11.1. The van der Waals surface area contributed by atoms with Gasteiger partial charge in [-0.1, -0.05) is 25.1 Å². The van der Waals surface area contributed by atoms with E-state index < -0.39 is 5.97 Å². The predicted octanol–water partition coefficient (Wildman–Crippen LogP) is 3.41. The lowest BCUT2D eigenvalue weighted by molar-refractivity contribution is 0.0686. The Kier molecular flexibility index (Phi) is 3.28. The molecule has 0 saturated carbocycles. The number of carbonyl (C=O) groups is 1. The van der Waals surface area contributed by atoms with Crippen LogP contribution in [-0.4, -0.2) is 20.6 Å². The van der Waals surface area contributed by atoms with Gasteiger partial charge in [0.2, 0.25) is 0 Å². The number of thiazole rings is 1. The van der Waals surface area contributed by atoms with E-state index in [1.165, 1.54) is 0 Å². The highest BCUT2D eigenvalue weighted by Gasteiger charge is 2.15. The second-order valence-corrected chi connectivity index (χ2v) is 5.51. The van der Waals surface area contributed by atoms with Crippen molar-refractivity contribution < 1.29 is 9.90 Å². The molecule has 0 saturated heterocycles. The Morgan fingerprint density at radius 2 is 2.20 bits per heavy atom. The van der Waals surface area contributed by atoms with Crippen molar-refractivity contribution >= 4 is 28.2 Å². The monoisotopic (exact) mass is 286 g/mol. The molecule has 1 N–H and O–H groups in total. The number of nitrogens with zero attached hydrogens (tertiary/aromatic N) is 2. The van der Waals surface area contributed by atoms with E-state index in [-0.39, 0.29) is 0 Å². The van der Waals surface area contributed by atoms with E-state index in [0.29, 0.717) is 12.2 Å². The van der Waals surface area contributed by atoms with Crippen LogP contribution in [0.1, 0.15) is 28.1 Å². The van der Waals surface area contributed by atoms with Crippen molar-refractivity contribution in [2.45, 2.75) is 19.9 Å². The van der Waals surface area contributed by atoms with Crippen LogP contribution in [-0.2, 0) is 13.0 Å². The highest BCUT2D eigenvalue weighted by atomic mass is 32.1. The van der Waals surface area contributed by atoms with Gasteiger partial charge in [0.15, 0.2) is 0 Å². The van der Waals surface area contributed by atoms with E-state index in [1.54, 1.807) is 17.4 Å². The first kappa shape index (κ1) is 12.9. The van der Waals surface area contributed by atoms with Gasteiger partial charge < -0.3 is 9.67 Å². The molecular weight excluding hydrogens is 272 g/mol. The average Bonchev–Trinajstić information content (AvgIpc) is 3.04. The largest absolute Gasteiger partial charge is 0.477 e. The number of benzene rings is 1. The Labute approximate surface area is 120 Å². The van der Waals surface area contributed by atoms with Crippen LogP contribution in [0.25, 0.3) is 10.9 Å². The fraction of sp³-hybridized carbons (Fsp3) is 0.200. The number of para-hydroxylation sites is 1. The van der Waals surface area contributed by atoms with Crippen molar-refractivity contribution in [1.29, 1.82) is 0 Å². The standard InChI is InChI=1S/C15H14N2O2S/c1-2-14-16-11(9-20-14)8-17-12-6-4-3-5-10(12)7-13(17)15(18)19/h3-7,9H,2,8H2,1H3,(H,18,19). The maximum Gasteiger partial charge on any atom is 0.352 e. The van der Waals surface area contributed by atoms with Crippen molar-refractivity contribution in [3.8, 4) is 0 Å². The fourth-order valence-electron chi connectivity index (χ4n) is 2.30. The van der Waals surface area contributed by atoms with Crippen LogP contribution in [0, 0.1) is 0 Å². The minimum atomic E-state index is -0.910. The first-order valence-corrected chi connectivity index (χ1v) is 7.32. The second kappa shape index (κ2) is 5.09. The quantitative estimate of drug-likeness (QED) is 0.799. The number of aromatic nitrogens is 2. The predicted molar refractivity (Wildman–Crippen MR) is 79.5 cm³/mol. The number of hydrogen-bond acceptors (Lipinski definition) is 3. The van der Waals surface area contributed by atoms with Crippen molar-refractivity contribution in [1.82, 2.24) is 9.55 Å². The molecule has 102 valence electrons. The molecule has 0 spiro atoms. The number of carboxylic acids is 1. The van der Waals surface area contributed by atoms with Crippen LogP contribution in [0.2, 0.25) is 0 Å². The zero-order valence-electron chi connectivity index (χ0n) is 11.0. The Balaban J connectivity index is 2.08. The van der Waals surface area contributed by atoms with Gasteiger partial charge in [-0.15, -0.1) is 11.3 Å². The minimum Gasteiger partial charge on any atom is -0.477 e. The van der Waals surface area contributed by atoms with Gasteiger partial charge in [0.25, 0.3) is 0 Å². The summed E-state index contributed by atoms with van der Waals surface area (Å²) in [5.74, 6) is -0.910. The van der Waals surface area contributed by atoms with E-state index in [2.05, 4.69) is 11.9 Å². The molecule has 0 bridgehead atoms. The third kappa shape index (κ3) is 2.20. The zero-order valence-corrected chi connectivity index (χ0v) is 11.9. The molecule has 2 aromatic heterocycles. The van der Waals surface area contributed by atoms with Crippen molar-refractivity contribution in [2.75, 3.05) is 0 Å². The summed E-state index contributed by atoms with van der Waals surface area (Å²) in [5.41, 5.74) is 2.14. The van der Waals surface area contributed by atoms with Gasteiger partial charge in [0.1, 0.15) is 5.69 Å². The number of aromatic carboxylic acids is 1. The molecule has 0 amide bonds. The molecule has 0 unspecified atom stereocenters. The van der Waals surface area contributed by atoms with Crippen LogP contribution < -0.4 is 0 Å². The highest BCUT2D eigenvalue weighted by Crippen LogP contribution is 2.22. The molecule has 0 atom stereocenters. The van der Waals surface area contributed by atoms with Crippen molar-refractivity contribution in [2.24, 2.45) is 0 Å². The van der Waals surface area contributed by atoms with Gasteiger partial charge in [-0.3, -0.25) is 0 Å². The molecule has 0 aliphatic carbocycles. The van der Waals surface area contributed by atoms with E-state index in [1.807, 2.05) is 34.2 Å². The van der Waals surface area contributed by atoms with Gasteiger partial charge >= 0.3 is 5.97 Å². The van der Waals surface area contributed by atoms with Gasteiger partial charge in [-0.25, -0.2) is 9.78 Å². The lowest BCUT2D eigenvalue weighted by Gasteiger charge is -2.06. The molecule has 3 aromatic rings. The summed E-state index contributed by atoms with van der Waals surface area (Å²) in [6.07, 6.45) is 0.906. The molecule has 0 radical (unpaired) electrons. The van der Waals surface area contributed by atoms with Gasteiger partial charge in [-0.05, 0) is 18.6 Å². The first-order valence-electron chi connectivity index (χ1n) is 6.44. The minimum absolute atomic E-state index is 0.303. The molecular formula is C15H14N2O2S. The van der Waals surface area contributed by atoms with Gasteiger partial charge in [-0.2, -0.15) is 0 Å². The average molecular weight is 286 g/mol. The lowest BCUT2D eigenvalue weighted by Crippen LogP contribution is -2.09. The molecule has 3 rings (SSSR count). The Hall–Kier alpha value is -2.14. The molecule has 5 heteroatoms. The summed E-state index contributed by atoms with van der Waals surface area (Å²) < 4.78 is 1.81. The maximum absolute atomic E-state index is 11.4. The number of rotatable bonds is 4. The van der Waals surface area contributed by atoms with E-state index in [9.17, 15) is 9.90 Å². The van der Waals surface area contributed by atoms with Gasteiger partial charge in [0.05, 0.1) is 17.2 Å². The van der Waals surface area contributed by atoms with Crippen LogP contribution in [0.3, 0.4) is 0 Å². The number of hydrogen-bond donors (Lipinski definition) is 1. The van der Waals surface area contributed by atoms with Crippen molar-refractivity contribution in [3.05, 3.63) is 52.1 Å². The fourth-order valence-corrected chi connectivity index (χ4v) is 3.04. The summed E-state index contributed by atoms with van der Waals surface area (Å²) in [6, 6.07) is 9.41. The van der Waals surface area contributed by atoms with Crippen molar-refractivity contribution in [3.63, 3.8) is 0 Å². The molecule has 0 aliphatic heterocycles. The molecule has 2 heterocycles. The van der Waals surface area contributed by atoms with Gasteiger partial charge in [0, 0.05) is 16.3 Å². The van der Waals surface area contributed by atoms with Crippen LogP contribution in [0.15, 0.2) is 35.7 Å². The zero-order chi connectivity index (χ0) is 14.1. The maximum atomic E-state index is 11.4. The molecule has 0 aliphatic rings. The van der Waals surface area contributed by atoms with Crippen LogP contribution in [0.5, 0.6) is 0 Å². The SMILES string of the molecule is CCc1nc(Cn2c(C(=O)O)cc3ccccc32)cs1. The summed E-state index contributed by atoms with van der Waals surface area (Å²) in [4.78, 5) is 15.9. The van der Waals surface area contributed by atoms with E-state index in [0.717, 1.165) is 28.0 Å². The van der Waals surface area contributed by atoms with Crippen LogP contribution in [0.4, 0.5) is 0 Å². The Morgan fingerprint density at radius 1 is 1.40 bits per heavy atom. The molecule has 4 nitrogen and oxygen atoms in total. The third-order valence-electron chi connectivity index (χ3n) is 3.25. The number of carboxylic acid groups (broad SMARTS) is 1. The smallest absolute Gasteiger partial charge is 0.352 e.